The Morgan fingerprint density at radius 3 is 2.72 bits per heavy atom. The van der Waals surface area contributed by atoms with Gasteiger partial charge in [-0.15, -0.1) is 0 Å². The second-order valence-corrected chi connectivity index (χ2v) is 5.19. The van der Waals surface area contributed by atoms with E-state index in [-0.39, 0.29) is 0 Å². The highest BCUT2D eigenvalue weighted by molar-refractivity contribution is 5.39. The molecule has 1 rings (SSSR count). The Bertz CT molecular complexity index is 364. The van der Waals surface area contributed by atoms with Crippen molar-refractivity contribution in [2.75, 3.05) is 20.1 Å². The van der Waals surface area contributed by atoms with Crippen LogP contribution in [0.15, 0.2) is 18.2 Å². The molecule has 0 aromatic heterocycles. The molecule has 0 aliphatic carbocycles. The van der Waals surface area contributed by atoms with Gasteiger partial charge in [-0.2, -0.15) is 0 Å². The first-order valence-corrected chi connectivity index (χ1v) is 6.70. The molecule has 1 aromatic rings. The van der Waals surface area contributed by atoms with E-state index in [1.165, 1.54) is 0 Å². The van der Waals surface area contributed by atoms with E-state index >= 15 is 0 Å². The second kappa shape index (κ2) is 7.39. The van der Waals surface area contributed by atoms with Gasteiger partial charge in [-0.1, -0.05) is 18.2 Å². The first-order valence-electron chi connectivity index (χ1n) is 6.70. The zero-order chi connectivity index (χ0) is 13.5. The van der Waals surface area contributed by atoms with Crippen LogP contribution >= 0.6 is 0 Å². The summed E-state index contributed by atoms with van der Waals surface area (Å²) in [7, 11) is 2.15. The van der Waals surface area contributed by atoms with E-state index in [0.29, 0.717) is 11.8 Å². The summed E-state index contributed by atoms with van der Waals surface area (Å²) in [6.07, 6.45) is 1.13. The highest BCUT2D eigenvalue weighted by Gasteiger charge is 2.04. The van der Waals surface area contributed by atoms with E-state index in [1.54, 1.807) is 0 Å². The zero-order valence-corrected chi connectivity index (χ0v) is 12.0. The summed E-state index contributed by atoms with van der Waals surface area (Å²) < 4.78 is 0. The van der Waals surface area contributed by atoms with Gasteiger partial charge in [0.15, 0.2) is 0 Å². The van der Waals surface area contributed by atoms with Crippen molar-refractivity contribution in [2.24, 2.45) is 0 Å². The van der Waals surface area contributed by atoms with Crippen molar-refractivity contribution < 1.29 is 5.11 Å². The van der Waals surface area contributed by atoms with Gasteiger partial charge in [0.2, 0.25) is 0 Å². The standard InChI is InChI=1S/C15H26N2O/c1-12(2)17(4)10-6-9-16-11-14-8-5-7-13(3)15(14)18/h5,7-8,12,16,18H,6,9-11H2,1-4H3. The van der Waals surface area contributed by atoms with Crippen LogP contribution in [0.4, 0.5) is 0 Å². The van der Waals surface area contributed by atoms with Crippen molar-refractivity contribution in [3.63, 3.8) is 0 Å². The van der Waals surface area contributed by atoms with Crippen LogP contribution in [-0.2, 0) is 6.54 Å². The van der Waals surface area contributed by atoms with Crippen molar-refractivity contribution in [2.45, 2.75) is 39.8 Å². The molecule has 0 radical (unpaired) electrons. The minimum absolute atomic E-state index is 0.421. The molecule has 102 valence electrons. The van der Waals surface area contributed by atoms with Crippen LogP contribution in [-0.4, -0.2) is 36.2 Å². The Morgan fingerprint density at radius 2 is 2.06 bits per heavy atom. The van der Waals surface area contributed by atoms with Gasteiger partial charge in [0.1, 0.15) is 5.75 Å². The SMILES string of the molecule is Cc1cccc(CNCCCN(C)C(C)C)c1O. The average molecular weight is 250 g/mol. The van der Waals surface area contributed by atoms with Crippen LogP contribution in [0, 0.1) is 6.92 Å². The fourth-order valence-corrected chi connectivity index (χ4v) is 1.80. The number of phenols is 1. The van der Waals surface area contributed by atoms with Crippen LogP contribution in [0.2, 0.25) is 0 Å². The topological polar surface area (TPSA) is 35.5 Å². The first kappa shape index (κ1) is 15.0. The summed E-state index contributed by atoms with van der Waals surface area (Å²) in [6, 6.07) is 6.48. The average Bonchev–Trinajstić information content (AvgIpc) is 2.33. The molecule has 0 saturated carbocycles. The fraction of sp³-hybridized carbons (Fsp3) is 0.600. The molecule has 0 saturated heterocycles. The number of para-hydroxylation sites is 1. The Labute approximate surface area is 111 Å². The molecule has 0 fully saturated rings. The largest absolute Gasteiger partial charge is 0.507 e. The maximum absolute atomic E-state index is 9.87. The van der Waals surface area contributed by atoms with Gasteiger partial charge in [-0.3, -0.25) is 0 Å². The van der Waals surface area contributed by atoms with E-state index in [0.717, 1.165) is 37.2 Å². The number of nitrogens with zero attached hydrogens (tertiary/aromatic N) is 1. The number of hydrogen-bond donors (Lipinski definition) is 2. The van der Waals surface area contributed by atoms with Crippen LogP contribution in [0.3, 0.4) is 0 Å². The van der Waals surface area contributed by atoms with E-state index in [2.05, 4.69) is 31.1 Å². The predicted molar refractivity (Wildman–Crippen MR) is 76.9 cm³/mol. The lowest BCUT2D eigenvalue weighted by Gasteiger charge is -2.20. The molecule has 0 aliphatic heterocycles. The van der Waals surface area contributed by atoms with E-state index < -0.39 is 0 Å². The van der Waals surface area contributed by atoms with Crippen LogP contribution < -0.4 is 5.32 Å². The van der Waals surface area contributed by atoms with Gasteiger partial charge >= 0.3 is 0 Å². The normalized spacial score (nSPS) is 11.4. The third-order valence-corrected chi connectivity index (χ3v) is 3.38. The monoisotopic (exact) mass is 250 g/mol. The number of nitrogens with one attached hydrogen (secondary N) is 1. The van der Waals surface area contributed by atoms with Gasteiger partial charge < -0.3 is 15.3 Å². The molecule has 0 unspecified atom stereocenters. The third-order valence-electron chi connectivity index (χ3n) is 3.38. The molecule has 0 spiro atoms. The van der Waals surface area contributed by atoms with Crippen molar-refractivity contribution >= 4 is 0 Å². The molecule has 18 heavy (non-hydrogen) atoms. The second-order valence-electron chi connectivity index (χ2n) is 5.19. The Hall–Kier alpha value is -1.06. The molecule has 3 nitrogen and oxygen atoms in total. The fourth-order valence-electron chi connectivity index (χ4n) is 1.80. The zero-order valence-electron chi connectivity index (χ0n) is 12.0. The van der Waals surface area contributed by atoms with E-state index in [1.807, 2.05) is 25.1 Å². The molecule has 2 N–H and O–H groups in total. The molecule has 0 bridgehead atoms. The highest BCUT2D eigenvalue weighted by Crippen LogP contribution is 2.20. The Balaban J connectivity index is 2.24. The van der Waals surface area contributed by atoms with Crippen molar-refractivity contribution in [1.82, 2.24) is 10.2 Å². The molecule has 0 amide bonds. The Kier molecular flexibility index (Phi) is 6.16. The quantitative estimate of drug-likeness (QED) is 0.730. The minimum Gasteiger partial charge on any atom is -0.507 e. The molecular formula is C15H26N2O. The molecule has 1 aromatic carbocycles. The summed E-state index contributed by atoms with van der Waals surface area (Å²) in [5, 5.41) is 13.2. The van der Waals surface area contributed by atoms with Crippen molar-refractivity contribution in [3.05, 3.63) is 29.3 Å². The summed E-state index contributed by atoms with van der Waals surface area (Å²) in [4.78, 5) is 2.34. The lowest BCUT2D eigenvalue weighted by Crippen LogP contribution is -2.29. The summed E-state index contributed by atoms with van der Waals surface area (Å²) >= 11 is 0. The van der Waals surface area contributed by atoms with Gasteiger partial charge in [0, 0.05) is 18.2 Å². The maximum Gasteiger partial charge on any atom is 0.122 e. The smallest absolute Gasteiger partial charge is 0.122 e. The molecule has 3 heteroatoms. The number of hydrogen-bond acceptors (Lipinski definition) is 3. The lowest BCUT2D eigenvalue weighted by molar-refractivity contribution is 0.269. The highest BCUT2D eigenvalue weighted by atomic mass is 16.3. The minimum atomic E-state index is 0.421. The number of phenolic OH excluding ortho intramolecular Hbond substituents is 1. The maximum atomic E-state index is 9.87. The van der Waals surface area contributed by atoms with Crippen LogP contribution in [0.25, 0.3) is 0 Å². The van der Waals surface area contributed by atoms with Crippen molar-refractivity contribution in [1.29, 1.82) is 0 Å². The first-order chi connectivity index (χ1) is 8.52. The van der Waals surface area contributed by atoms with Crippen molar-refractivity contribution in [3.8, 4) is 5.75 Å². The third kappa shape index (κ3) is 4.67. The number of rotatable bonds is 7. The number of aryl methyl sites for hydroxylation is 1. The van der Waals surface area contributed by atoms with Gasteiger partial charge in [0.05, 0.1) is 0 Å². The predicted octanol–water partition coefficient (Wildman–Crippen LogP) is 2.52. The molecule has 0 aliphatic rings. The molecule has 0 atom stereocenters. The number of benzene rings is 1. The molecular weight excluding hydrogens is 224 g/mol. The summed E-state index contributed by atoms with van der Waals surface area (Å²) in [5.74, 6) is 0.421. The van der Waals surface area contributed by atoms with Gasteiger partial charge in [-0.05, 0) is 52.9 Å². The number of aromatic hydroxyl groups is 1. The van der Waals surface area contributed by atoms with E-state index in [9.17, 15) is 5.11 Å². The van der Waals surface area contributed by atoms with Crippen LogP contribution in [0.5, 0.6) is 5.75 Å². The summed E-state index contributed by atoms with van der Waals surface area (Å²) in [6.45, 7) is 9.15. The molecule has 0 heterocycles. The lowest BCUT2D eigenvalue weighted by atomic mass is 10.1. The summed E-state index contributed by atoms with van der Waals surface area (Å²) in [5.41, 5.74) is 1.92. The van der Waals surface area contributed by atoms with Gasteiger partial charge in [0.25, 0.3) is 0 Å². The Morgan fingerprint density at radius 1 is 1.33 bits per heavy atom. The van der Waals surface area contributed by atoms with Gasteiger partial charge in [-0.25, -0.2) is 0 Å². The van der Waals surface area contributed by atoms with E-state index in [4.69, 9.17) is 0 Å². The van der Waals surface area contributed by atoms with Crippen LogP contribution in [0.1, 0.15) is 31.4 Å².